The molecule has 0 unspecified atom stereocenters. The molecule has 3 nitrogen and oxygen atoms in total. The van der Waals surface area contributed by atoms with E-state index in [1.807, 2.05) is 67.6 Å². The summed E-state index contributed by atoms with van der Waals surface area (Å²) in [7, 11) is -3.47. The van der Waals surface area contributed by atoms with Gasteiger partial charge in [0, 0.05) is 0 Å². The number of hydrogen-bond acceptors (Lipinski definition) is 3. The molecule has 0 aliphatic heterocycles. The molecule has 0 aliphatic rings. The summed E-state index contributed by atoms with van der Waals surface area (Å²) in [5, 5.41) is 1.47. The van der Waals surface area contributed by atoms with Crippen LogP contribution in [0.15, 0.2) is 99.7 Å². The molecular weight excluding hydrogens is 459 g/mol. The van der Waals surface area contributed by atoms with Crippen LogP contribution in [0.3, 0.4) is 0 Å². The van der Waals surface area contributed by atoms with E-state index in [4.69, 9.17) is 4.74 Å². The van der Waals surface area contributed by atoms with Crippen molar-refractivity contribution in [2.75, 3.05) is 6.61 Å². The van der Waals surface area contributed by atoms with Crippen LogP contribution in [0.2, 0.25) is 0 Å². The molecule has 0 aromatic heterocycles. The number of rotatable bonds is 10. The first-order valence-corrected chi connectivity index (χ1v) is 13.2. The summed E-state index contributed by atoms with van der Waals surface area (Å²) in [6, 6.07) is 27.2. The molecule has 0 atom stereocenters. The third-order valence-corrected chi connectivity index (χ3v) is 8.60. The van der Waals surface area contributed by atoms with E-state index in [0.29, 0.717) is 24.5 Å². The fraction of sp³-hybridized carbons (Fsp3) is 0.200. The van der Waals surface area contributed by atoms with Gasteiger partial charge in [-0.05, 0) is 0 Å². The van der Waals surface area contributed by atoms with Crippen LogP contribution in [-0.4, -0.2) is 30.0 Å². The van der Waals surface area contributed by atoms with Crippen LogP contribution in [0.5, 0.6) is 0 Å². The molecule has 0 amide bonds. The Morgan fingerprint density at radius 3 is 2.20 bits per heavy atom. The first-order valence-electron chi connectivity index (χ1n) is 9.90. The zero-order chi connectivity index (χ0) is 21.2. The van der Waals surface area contributed by atoms with Gasteiger partial charge in [0.1, 0.15) is 0 Å². The van der Waals surface area contributed by atoms with E-state index in [1.165, 1.54) is 9.87 Å². The van der Waals surface area contributed by atoms with E-state index in [2.05, 4.69) is 12.1 Å². The van der Waals surface area contributed by atoms with Crippen LogP contribution >= 0.6 is 0 Å². The second kappa shape index (κ2) is 11.3. The van der Waals surface area contributed by atoms with E-state index in [0.717, 1.165) is 22.0 Å². The fourth-order valence-electron chi connectivity index (χ4n) is 2.86. The fourth-order valence-corrected chi connectivity index (χ4v) is 6.89. The van der Waals surface area contributed by atoms with E-state index in [-0.39, 0.29) is 15.0 Å². The van der Waals surface area contributed by atoms with Gasteiger partial charge >= 0.3 is 186 Å². The second-order valence-corrected chi connectivity index (χ2v) is 11.3. The van der Waals surface area contributed by atoms with Gasteiger partial charge in [0.2, 0.25) is 0 Å². The first-order chi connectivity index (χ1) is 14.5. The average molecular weight is 486 g/mol. The Bertz CT molecular complexity index is 1040. The minimum absolute atomic E-state index is 0.0432. The minimum atomic E-state index is -3.47. The molecule has 0 saturated heterocycles. The molecule has 0 spiro atoms. The van der Waals surface area contributed by atoms with Gasteiger partial charge in [0.05, 0.1) is 0 Å². The molecule has 3 aromatic rings. The Morgan fingerprint density at radius 1 is 0.900 bits per heavy atom. The third kappa shape index (κ3) is 7.26. The molecule has 3 rings (SSSR count). The van der Waals surface area contributed by atoms with Crippen LogP contribution < -0.4 is 4.46 Å². The second-order valence-electron chi connectivity index (χ2n) is 7.00. The van der Waals surface area contributed by atoms with Gasteiger partial charge in [-0.1, -0.05) is 0 Å². The molecule has 5 heteroatoms. The summed E-state index contributed by atoms with van der Waals surface area (Å²) in [6.07, 6.45) is 1.49. The van der Waals surface area contributed by atoms with Crippen LogP contribution in [0.25, 0.3) is 0 Å². The van der Waals surface area contributed by atoms with Crippen molar-refractivity contribution in [1.82, 2.24) is 0 Å². The van der Waals surface area contributed by atoms with E-state index in [9.17, 15) is 8.42 Å². The summed E-state index contributed by atoms with van der Waals surface area (Å²) >= 11 is -0.0432. The zero-order valence-electron chi connectivity index (χ0n) is 17.0. The van der Waals surface area contributed by atoms with Crippen molar-refractivity contribution in [1.29, 1.82) is 0 Å². The van der Waals surface area contributed by atoms with Crippen LogP contribution in [-0.2, 0) is 21.2 Å². The predicted octanol–water partition coefficient (Wildman–Crippen LogP) is 4.64. The van der Waals surface area contributed by atoms with Crippen molar-refractivity contribution in [2.45, 2.75) is 31.3 Å². The number of sulfone groups is 1. The van der Waals surface area contributed by atoms with Gasteiger partial charge in [-0.15, -0.1) is 0 Å². The van der Waals surface area contributed by atoms with E-state index >= 15 is 0 Å². The maximum absolute atomic E-state index is 12.9. The SMILES string of the molecule is Cc1ccc(S(=O)(=O)/C=C(\CCCOCc2ccccc2)[Se]c2ccccc2)cc1. The van der Waals surface area contributed by atoms with Crippen molar-refractivity contribution >= 4 is 29.3 Å². The number of ether oxygens (including phenoxy) is 1. The van der Waals surface area contributed by atoms with Crippen molar-refractivity contribution in [2.24, 2.45) is 0 Å². The molecule has 0 heterocycles. The van der Waals surface area contributed by atoms with Crippen LogP contribution in [0.4, 0.5) is 0 Å². The van der Waals surface area contributed by atoms with E-state index < -0.39 is 9.84 Å². The summed E-state index contributed by atoms with van der Waals surface area (Å²) in [5.74, 6) is 0. The van der Waals surface area contributed by atoms with Crippen LogP contribution in [0, 0.1) is 6.92 Å². The molecule has 0 bridgehead atoms. The molecule has 0 N–H and O–H groups in total. The van der Waals surface area contributed by atoms with Gasteiger partial charge in [-0.3, -0.25) is 0 Å². The van der Waals surface area contributed by atoms with Gasteiger partial charge in [-0.2, -0.15) is 0 Å². The van der Waals surface area contributed by atoms with Gasteiger partial charge in [0.25, 0.3) is 0 Å². The quantitative estimate of drug-likeness (QED) is 0.311. The Kier molecular flexibility index (Phi) is 8.47. The standard InChI is InChI=1S/C25H26O3SSe/c1-21-14-16-23(17-15-21)29(26,27)20-25(30-24-11-6-3-7-12-24)13-8-18-28-19-22-9-4-2-5-10-22/h2-7,9-12,14-17,20H,8,13,18-19H2,1H3/b25-20+. The Labute approximate surface area is 185 Å². The monoisotopic (exact) mass is 486 g/mol. The molecule has 0 radical (unpaired) electrons. The number of aryl methyl sites for hydroxylation is 1. The molecule has 3 aromatic carbocycles. The maximum atomic E-state index is 12.9. The Morgan fingerprint density at radius 2 is 1.53 bits per heavy atom. The van der Waals surface area contributed by atoms with Crippen molar-refractivity contribution in [3.63, 3.8) is 0 Å². The Hall–Kier alpha value is -2.17. The van der Waals surface area contributed by atoms with Crippen molar-refractivity contribution < 1.29 is 13.2 Å². The molecule has 0 fully saturated rings. The summed E-state index contributed by atoms with van der Waals surface area (Å²) in [6.45, 7) is 3.12. The average Bonchev–Trinajstić information content (AvgIpc) is 2.75. The number of allylic oxidation sites excluding steroid dienone is 1. The molecule has 156 valence electrons. The number of benzene rings is 3. The van der Waals surface area contributed by atoms with Crippen molar-refractivity contribution in [3.8, 4) is 0 Å². The molecule has 30 heavy (non-hydrogen) atoms. The first kappa shape index (κ1) is 22.5. The van der Waals surface area contributed by atoms with Crippen LogP contribution in [0.1, 0.15) is 24.0 Å². The molecule has 0 saturated carbocycles. The molecular formula is C25H26O3SSe. The zero-order valence-corrected chi connectivity index (χ0v) is 19.6. The normalized spacial score (nSPS) is 12.1. The topological polar surface area (TPSA) is 43.4 Å². The van der Waals surface area contributed by atoms with Crippen molar-refractivity contribution in [3.05, 3.63) is 106 Å². The van der Waals surface area contributed by atoms with E-state index in [1.54, 1.807) is 12.1 Å². The molecule has 0 aliphatic carbocycles. The van der Waals surface area contributed by atoms with Gasteiger partial charge in [-0.25, -0.2) is 0 Å². The predicted molar refractivity (Wildman–Crippen MR) is 124 cm³/mol. The number of hydrogen-bond donors (Lipinski definition) is 0. The summed E-state index contributed by atoms with van der Waals surface area (Å²) < 4.78 is 33.7. The Balaban J connectivity index is 1.66. The third-order valence-electron chi connectivity index (χ3n) is 4.45. The summed E-state index contributed by atoms with van der Waals surface area (Å²) in [5.41, 5.74) is 2.19. The van der Waals surface area contributed by atoms with Gasteiger partial charge in [0.15, 0.2) is 0 Å². The van der Waals surface area contributed by atoms with Gasteiger partial charge < -0.3 is 0 Å². The summed E-state index contributed by atoms with van der Waals surface area (Å²) in [4.78, 5) is 0.342.